The molecule has 0 saturated carbocycles. The van der Waals surface area contributed by atoms with E-state index in [9.17, 15) is 19.6 Å². The largest absolute Gasteiger partial charge is 0.330 e. The van der Waals surface area contributed by atoms with Crippen molar-refractivity contribution < 1.29 is 14.4 Å². The topological polar surface area (TPSA) is 97.9 Å². The molecule has 8 heteroatoms. The summed E-state index contributed by atoms with van der Waals surface area (Å²) in [4.78, 5) is 47.9. The zero-order valence-corrected chi connectivity index (χ0v) is 23.3. The predicted octanol–water partition coefficient (Wildman–Crippen LogP) is 5.08. The molecule has 3 amide bonds. The van der Waals surface area contributed by atoms with Crippen molar-refractivity contribution in [1.29, 1.82) is 5.26 Å². The van der Waals surface area contributed by atoms with Gasteiger partial charge in [-0.1, -0.05) is 62.4 Å². The Morgan fingerprint density at radius 1 is 1.15 bits per heavy atom. The van der Waals surface area contributed by atoms with Crippen molar-refractivity contribution in [3.63, 3.8) is 0 Å². The maximum atomic E-state index is 14.2. The Labute approximate surface area is 240 Å². The van der Waals surface area contributed by atoms with E-state index >= 15 is 0 Å². The van der Waals surface area contributed by atoms with Crippen LogP contribution >= 0.6 is 0 Å². The van der Waals surface area contributed by atoms with Crippen molar-refractivity contribution in [3.8, 4) is 17.2 Å². The zero-order valence-electron chi connectivity index (χ0n) is 23.3. The number of nitrogens with zero attached hydrogens (tertiary/aromatic N) is 4. The Balaban J connectivity index is 1.45. The number of rotatable bonds is 6. The number of hydrogen-bond acceptors (Lipinski definition) is 4. The quantitative estimate of drug-likeness (QED) is 0.437. The highest BCUT2D eigenvalue weighted by Crippen LogP contribution is 2.47. The first-order valence-electron chi connectivity index (χ1n) is 13.6. The summed E-state index contributed by atoms with van der Waals surface area (Å²) < 4.78 is 0. The summed E-state index contributed by atoms with van der Waals surface area (Å²) in [7, 11) is 1.61. The van der Waals surface area contributed by atoms with Gasteiger partial charge < -0.3 is 10.2 Å². The Morgan fingerprint density at radius 3 is 2.61 bits per heavy atom. The second-order valence-electron chi connectivity index (χ2n) is 11.2. The molecule has 0 unspecified atom stereocenters. The molecule has 8 nitrogen and oxygen atoms in total. The summed E-state index contributed by atoms with van der Waals surface area (Å²) in [5, 5.41) is 12.5. The van der Waals surface area contributed by atoms with E-state index in [1.54, 1.807) is 37.4 Å². The van der Waals surface area contributed by atoms with Gasteiger partial charge in [0.2, 0.25) is 5.91 Å². The SMILES string of the molecule is [C-]#[N+][C@@H]1C[C@@]2(CN1C(=O)[C@H](CC(C)C)N(C)C(=O)c1cccc(-c3ccccc3C#N)c1)C(=O)Nc1ccccc12. The number of amides is 3. The summed E-state index contributed by atoms with van der Waals surface area (Å²) in [6, 6.07) is 23.0. The summed E-state index contributed by atoms with van der Waals surface area (Å²) >= 11 is 0. The Bertz CT molecular complexity index is 1620. The van der Waals surface area contributed by atoms with Gasteiger partial charge in [0, 0.05) is 24.8 Å². The van der Waals surface area contributed by atoms with Crippen molar-refractivity contribution in [2.45, 2.75) is 44.3 Å². The van der Waals surface area contributed by atoms with Gasteiger partial charge in [-0.15, -0.1) is 0 Å². The van der Waals surface area contributed by atoms with Crippen LogP contribution < -0.4 is 5.32 Å². The van der Waals surface area contributed by atoms with Crippen molar-refractivity contribution in [2.24, 2.45) is 5.92 Å². The summed E-state index contributed by atoms with van der Waals surface area (Å²) in [6.45, 7) is 11.9. The van der Waals surface area contributed by atoms with Gasteiger partial charge in [0.05, 0.1) is 18.1 Å². The molecule has 1 spiro atoms. The maximum absolute atomic E-state index is 14.2. The van der Waals surface area contributed by atoms with Crippen molar-refractivity contribution in [2.75, 3.05) is 18.9 Å². The minimum absolute atomic E-state index is 0.0821. The lowest BCUT2D eigenvalue weighted by molar-refractivity contribution is -0.136. The average Bonchev–Trinajstić information content (AvgIpc) is 3.52. The fourth-order valence-electron chi connectivity index (χ4n) is 6.02. The van der Waals surface area contributed by atoms with Crippen LogP contribution in [0, 0.1) is 23.8 Å². The van der Waals surface area contributed by atoms with Crippen molar-refractivity contribution in [1.82, 2.24) is 9.80 Å². The maximum Gasteiger partial charge on any atom is 0.302 e. The molecule has 3 aromatic carbocycles. The molecule has 2 heterocycles. The van der Waals surface area contributed by atoms with E-state index in [1.807, 2.05) is 56.3 Å². The molecule has 2 aliphatic rings. The molecule has 3 aromatic rings. The molecule has 1 saturated heterocycles. The minimum atomic E-state index is -0.991. The van der Waals surface area contributed by atoms with Gasteiger partial charge in [0.15, 0.2) is 0 Å². The molecule has 0 bridgehead atoms. The van der Waals surface area contributed by atoms with Crippen LogP contribution in [0.3, 0.4) is 0 Å². The molecular formula is C33H31N5O3. The lowest BCUT2D eigenvalue weighted by Gasteiger charge is -2.32. The van der Waals surface area contributed by atoms with E-state index < -0.39 is 17.6 Å². The van der Waals surface area contributed by atoms with Crippen molar-refractivity contribution in [3.05, 3.63) is 101 Å². The smallest absolute Gasteiger partial charge is 0.302 e. The average molecular weight is 546 g/mol. The number of hydrogen-bond donors (Lipinski definition) is 1. The highest BCUT2D eigenvalue weighted by Gasteiger charge is 2.59. The van der Waals surface area contributed by atoms with Crippen LogP contribution in [0.15, 0.2) is 72.8 Å². The van der Waals surface area contributed by atoms with Crippen LogP contribution in [0.1, 0.15) is 48.2 Å². The van der Waals surface area contributed by atoms with E-state index in [2.05, 4.69) is 16.2 Å². The molecule has 0 aromatic heterocycles. The molecule has 1 fully saturated rings. The number of nitriles is 1. The van der Waals surface area contributed by atoms with E-state index in [-0.39, 0.29) is 36.6 Å². The third kappa shape index (κ3) is 4.83. The number of benzene rings is 3. The number of nitrogens with one attached hydrogen (secondary N) is 1. The third-order valence-corrected chi connectivity index (χ3v) is 8.12. The Kier molecular flexibility index (Phi) is 7.34. The first-order chi connectivity index (χ1) is 19.7. The van der Waals surface area contributed by atoms with Crippen LogP contribution in [-0.4, -0.2) is 53.3 Å². The number of anilines is 1. The number of para-hydroxylation sites is 1. The lowest BCUT2D eigenvalue weighted by atomic mass is 9.80. The molecule has 206 valence electrons. The van der Waals surface area contributed by atoms with Gasteiger partial charge >= 0.3 is 6.17 Å². The number of likely N-dealkylation sites (tertiary alicyclic amines) is 1. The fourth-order valence-corrected chi connectivity index (χ4v) is 6.02. The summed E-state index contributed by atoms with van der Waals surface area (Å²) in [5.41, 5.74) is 2.86. The van der Waals surface area contributed by atoms with Crippen LogP contribution in [0.2, 0.25) is 0 Å². The van der Waals surface area contributed by atoms with Gasteiger partial charge in [0.1, 0.15) is 11.5 Å². The standard InChI is InChI=1S/C33H31N5O3/c1-21(2)16-28(37(4)30(39)23-12-9-11-22(17-23)25-13-6-5-10-24(25)19-34)31(40)38-20-33(18-29(38)35-3)26-14-7-8-15-27(26)36-32(33)41/h5-15,17,21,28-29H,16,18,20H2,1-2,4H3,(H,36,41)/t28-,29-,33-/m0/s1. The highest BCUT2D eigenvalue weighted by molar-refractivity contribution is 6.07. The second kappa shape index (κ2) is 10.9. The zero-order chi connectivity index (χ0) is 29.3. The Morgan fingerprint density at radius 2 is 1.88 bits per heavy atom. The molecule has 0 radical (unpaired) electrons. The van der Waals surface area contributed by atoms with Crippen molar-refractivity contribution >= 4 is 23.4 Å². The van der Waals surface area contributed by atoms with E-state index in [0.29, 0.717) is 23.2 Å². The fraction of sp³-hybridized carbons (Fsp3) is 0.303. The molecule has 0 aliphatic carbocycles. The Hall–Kier alpha value is -4.95. The number of carbonyl (C=O) groups is 3. The summed E-state index contributed by atoms with van der Waals surface area (Å²) in [5.74, 6) is -0.790. The molecule has 3 atom stereocenters. The minimum Gasteiger partial charge on any atom is -0.330 e. The molecular weight excluding hydrogens is 514 g/mol. The van der Waals surface area contributed by atoms with E-state index in [4.69, 9.17) is 6.57 Å². The van der Waals surface area contributed by atoms with Gasteiger partial charge in [-0.2, -0.15) is 5.26 Å². The van der Waals surface area contributed by atoms with Gasteiger partial charge in [-0.25, -0.2) is 6.57 Å². The normalized spacial score (nSPS) is 19.8. The van der Waals surface area contributed by atoms with E-state index in [0.717, 1.165) is 16.7 Å². The predicted molar refractivity (Wildman–Crippen MR) is 155 cm³/mol. The second-order valence-corrected chi connectivity index (χ2v) is 11.2. The monoisotopic (exact) mass is 545 g/mol. The third-order valence-electron chi connectivity index (χ3n) is 8.12. The van der Waals surface area contributed by atoms with Crippen LogP contribution in [0.25, 0.3) is 16.0 Å². The number of carbonyl (C=O) groups excluding carboxylic acids is 3. The summed E-state index contributed by atoms with van der Waals surface area (Å²) in [6.07, 6.45) is -0.213. The first kappa shape index (κ1) is 27.6. The van der Waals surface area contributed by atoms with Gasteiger partial charge in [-0.05, 0) is 53.3 Å². The molecule has 2 aliphatic heterocycles. The van der Waals surface area contributed by atoms with Crippen LogP contribution in [-0.2, 0) is 15.0 Å². The molecule has 5 rings (SSSR count). The lowest BCUT2D eigenvalue weighted by Crippen LogP contribution is -2.51. The van der Waals surface area contributed by atoms with Crippen LogP contribution in [0.4, 0.5) is 5.69 Å². The van der Waals surface area contributed by atoms with Gasteiger partial charge in [-0.3, -0.25) is 24.1 Å². The van der Waals surface area contributed by atoms with Gasteiger partial charge in [0.25, 0.3) is 11.8 Å². The van der Waals surface area contributed by atoms with Crippen LogP contribution in [0.5, 0.6) is 0 Å². The molecule has 1 N–H and O–H groups in total. The number of likely N-dealkylation sites (N-methyl/N-ethyl adjacent to an activating group) is 1. The van der Waals surface area contributed by atoms with E-state index in [1.165, 1.54) is 9.80 Å². The number of fused-ring (bicyclic) bond motifs is 2. The first-order valence-corrected chi connectivity index (χ1v) is 13.6. The molecule has 41 heavy (non-hydrogen) atoms. The highest BCUT2D eigenvalue weighted by atomic mass is 16.2.